The first-order valence-electron chi connectivity index (χ1n) is 5.90. The Morgan fingerprint density at radius 2 is 1.68 bits per heavy atom. The van der Waals surface area contributed by atoms with Crippen molar-refractivity contribution in [2.45, 2.75) is 49.2 Å². The third-order valence-electron chi connectivity index (χ3n) is 3.17. The van der Waals surface area contributed by atoms with Crippen LogP contribution in [0.3, 0.4) is 0 Å². The third-order valence-corrected chi connectivity index (χ3v) is 3.17. The van der Waals surface area contributed by atoms with Crippen molar-refractivity contribution in [3.8, 4) is 0 Å². The van der Waals surface area contributed by atoms with Gasteiger partial charge in [-0.05, 0) is 0 Å². The van der Waals surface area contributed by atoms with E-state index in [-0.39, 0.29) is 0 Å². The largest absolute Gasteiger partial charge is 0.394 e. The van der Waals surface area contributed by atoms with E-state index in [2.05, 4.69) is 0 Å². The molecule has 4 unspecified atom stereocenters. The van der Waals surface area contributed by atoms with Crippen LogP contribution in [-0.4, -0.2) is 93.1 Å². The van der Waals surface area contributed by atoms with E-state index in [1.54, 1.807) is 0 Å². The summed E-state index contributed by atoms with van der Waals surface area (Å²) >= 11 is 0. The highest BCUT2D eigenvalue weighted by molar-refractivity contribution is 4.95. The molecule has 2 rings (SSSR count). The van der Waals surface area contributed by atoms with Gasteiger partial charge in [0.05, 0.1) is 13.2 Å². The van der Waals surface area contributed by atoms with Crippen LogP contribution >= 0.6 is 0 Å². The maximum Gasteiger partial charge on any atom is 0.190 e. The standard InChI is InChI=1S/C10H18O9/c11-1-3(13)5(14)4(2-12)17-9-7(16)6(15)8-10(18-8)19-9/h3-16H,1-2H2/t3?,4?,5-,6-,7?,8-,9-,10?/m1/s1. The summed E-state index contributed by atoms with van der Waals surface area (Å²) in [5.74, 6) is 0. The molecule has 0 spiro atoms. The van der Waals surface area contributed by atoms with Crippen LogP contribution < -0.4 is 0 Å². The van der Waals surface area contributed by atoms with Crippen LogP contribution in [0.4, 0.5) is 0 Å². The van der Waals surface area contributed by atoms with E-state index in [1.165, 1.54) is 0 Å². The van der Waals surface area contributed by atoms with Crippen molar-refractivity contribution in [1.82, 2.24) is 0 Å². The molecule has 0 aliphatic carbocycles. The lowest BCUT2D eigenvalue weighted by Gasteiger charge is -2.33. The molecule has 9 nitrogen and oxygen atoms in total. The maximum atomic E-state index is 9.70. The average molecular weight is 282 g/mol. The lowest BCUT2D eigenvalue weighted by molar-refractivity contribution is -0.278. The van der Waals surface area contributed by atoms with Gasteiger partial charge >= 0.3 is 0 Å². The molecule has 0 aromatic heterocycles. The van der Waals surface area contributed by atoms with Gasteiger partial charge in [-0.25, -0.2) is 0 Å². The van der Waals surface area contributed by atoms with Crippen molar-refractivity contribution in [2.24, 2.45) is 0 Å². The molecule has 0 saturated carbocycles. The maximum absolute atomic E-state index is 9.70. The van der Waals surface area contributed by atoms with Gasteiger partial charge < -0.3 is 44.8 Å². The van der Waals surface area contributed by atoms with Crippen LogP contribution in [0.15, 0.2) is 0 Å². The van der Waals surface area contributed by atoms with E-state index < -0.39 is 62.4 Å². The van der Waals surface area contributed by atoms with Crippen LogP contribution in [0.5, 0.6) is 0 Å². The van der Waals surface area contributed by atoms with Gasteiger partial charge in [0.15, 0.2) is 12.6 Å². The van der Waals surface area contributed by atoms with Crippen molar-refractivity contribution in [2.75, 3.05) is 13.2 Å². The lowest BCUT2D eigenvalue weighted by atomic mass is 10.1. The number of hydrogen-bond acceptors (Lipinski definition) is 9. The summed E-state index contributed by atoms with van der Waals surface area (Å²) in [6.45, 7) is -1.39. The Kier molecular flexibility index (Phi) is 4.71. The summed E-state index contributed by atoms with van der Waals surface area (Å²) in [6, 6.07) is 0. The Labute approximate surface area is 108 Å². The van der Waals surface area contributed by atoms with Gasteiger partial charge in [-0.1, -0.05) is 0 Å². The summed E-state index contributed by atoms with van der Waals surface area (Å²) in [7, 11) is 0. The minimum Gasteiger partial charge on any atom is -0.394 e. The SMILES string of the molecule is OCC(O)[C@@H](O)C(CO)O[C@@H]1OC2O[C@@H]2[C@H](O)C1O. The molecule has 9 heteroatoms. The Hall–Kier alpha value is -0.360. The first-order chi connectivity index (χ1) is 8.99. The van der Waals surface area contributed by atoms with E-state index in [1.807, 2.05) is 0 Å². The molecule has 0 aromatic carbocycles. The fraction of sp³-hybridized carbons (Fsp3) is 1.00. The molecule has 0 aromatic rings. The first kappa shape index (κ1) is 15.0. The van der Waals surface area contributed by atoms with Crippen LogP contribution in [-0.2, 0) is 14.2 Å². The molecule has 2 aliphatic rings. The molecule has 2 saturated heterocycles. The Morgan fingerprint density at radius 1 is 1.00 bits per heavy atom. The van der Waals surface area contributed by atoms with E-state index >= 15 is 0 Å². The van der Waals surface area contributed by atoms with Crippen LogP contribution in [0.2, 0.25) is 0 Å². The minimum absolute atomic E-state index is 0.601. The molecule has 0 bridgehead atoms. The number of epoxide rings is 1. The first-order valence-corrected chi connectivity index (χ1v) is 5.90. The molecule has 0 radical (unpaired) electrons. The number of aliphatic hydroxyl groups excluding tert-OH is 6. The second kappa shape index (κ2) is 5.95. The van der Waals surface area contributed by atoms with Gasteiger partial charge in [0.25, 0.3) is 0 Å². The monoisotopic (exact) mass is 282 g/mol. The molecule has 8 atom stereocenters. The molecular formula is C10H18O9. The summed E-state index contributed by atoms with van der Waals surface area (Å²) in [5, 5.41) is 56.0. The zero-order valence-corrected chi connectivity index (χ0v) is 9.94. The average Bonchev–Trinajstić information content (AvgIpc) is 3.19. The molecule has 19 heavy (non-hydrogen) atoms. The fourth-order valence-corrected chi connectivity index (χ4v) is 1.90. The van der Waals surface area contributed by atoms with Crippen molar-refractivity contribution in [3.63, 3.8) is 0 Å². The van der Waals surface area contributed by atoms with E-state index in [0.29, 0.717) is 0 Å². The quantitative estimate of drug-likeness (QED) is 0.267. The highest BCUT2D eigenvalue weighted by Crippen LogP contribution is 2.36. The normalized spacial score (nSPS) is 42.3. The summed E-state index contributed by atoms with van der Waals surface area (Å²) < 4.78 is 15.1. The zero-order valence-electron chi connectivity index (χ0n) is 9.94. The number of hydrogen-bond donors (Lipinski definition) is 6. The summed E-state index contributed by atoms with van der Waals surface area (Å²) in [4.78, 5) is 0. The number of aliphatic hydroxyl groups is 6. The van der Waals surface area contributed by atoms with Gasteiger partial charge in [-0.15, -0.1) is 0 Å². The third kappa shape index (κ3) is 3.05. The minimum atomic E-state index is -1.57. The molecular weight excluding hydrogens is 264 g/mol. The van der Waals surface area contributed by atoms with E-state index in [0.717, 1.165) is 0 Å². The topological polar surface area (TPSA) is 152 Å². The fourth-order valence-electron chi connectivity index (χ4n) is 1.90. The van der Waals surface area contributed by atoms with Crippen LogP contribution in [0, 0.1) is 0 Å². The smallest absolute Gasteiger partial charge is 0.190 e. The highest BCUT2D eigenvalue weighted by Gasteiger charge is 2.57. The lowest BCUT2D eigenvalue weighted by Crippen LogP contribution is -2.53. The Bertz CT molecular complexity index is 301. The predicted octanol–water partition coefficient (Wildman–Crippen LogP) is -4.12. The van der Waals surface area contributed by atoms with Crippen LogP contribution in [0.1, 0.15) is 0 Å². The van der Waals surface area contributed by atoms with Crippen molar-refractivity contribution in [3.05, 3.63) is 0 Å². The molecule has 2 heterocycles. The van der Waals surface area contributed by atoms with Crippen LogP contribution in [0.25, 0.3) is 0 Å². The summed E-state index contributed by atoms with van der Waals surface area (Å²) in [5.41, 5.74) is 0. The number of fused-ring (bicyclic) bond motifs is 1. The molecule has 6 N–H and O–H groups in total. The molecule has 2 fully saturated rings. The highest BCUT2D eigenvalue weighted by atomic mass is 16.8. The predicted molar refractivity (Wildman–Crippen MR) is 56.6 cm³/mol. The number of rotatable bonds is 6. The Balaban J connectivity index is 1.94. The summed E-state index contributed by atoms with van der Waals surface area (Å²) in [6.07, 6.45) is -9.56. The van der Waals surface area contributed by atoms with Crippen molar-refractivity contribution in [1.29, 1.82) is 0 Å². The zero-order chi connectivity index (χ0) is 14.2. The van der Waals surface area contributed by atoms with E-state index in [4.69, 9.17) is 24.4 Å². The van der Waals surface area contributed by atoms with Gasteiger partial charge in [-0.2, -0.15) is 0 Å². The Morgan fingerprint density at radius 3 is 2.26 bits per heavy atom. The molecule has 112 valence electrons. The van der Waals surface area contributed by atoms with Crippen molar-refractivity contribution >= 4 is 0 Å². The van der Waals surface area contributed by atoms with Gasteiger partial charge in [0.1, 0.15) is 36.6 Å². The van der Waals surface area contributed by atoms with Gasteiger partial charge in [0, 0.05) is 0 Å². The van der Waals surface area contributed by atoms with Gasteiger partial charge in [-0.3, -0.25) is 0 Å². The van der Waals surface area contributed by atoms with Crippen molar-refractivity contribution < 1.29 is 44.8 Å². The second-order valence-corrected chi connectivity index (χ2v) is 4.55. The second-order valence-electron chi connectivity index (χ2n) is 4.55. The van der Waals surface area contributed by atoms with E-state index in [9.17, 15) is 20.4 Å². The number of ether oxygens (including phenoxy) is 3. The molecule has 0 amide bonds. The van der Waals surface area contributed by atoms with Gasteiger partial charge in [0.2, 0.25) is 0 Å². The molecule has 2 aliphatic heterocycles.